The topological polar surface area (TPSA) is 94.5 Å². The van der Waals surface area contributed by atoms with E-state index in [1.165, 1.54) is 10.9 Å². The smallest absolute Gasteiger partial charge is 0.419 e. The van der Waals surface area contributed by atoms with Crippen LogP contribution in [0.2, 0.25) is 0 Å². The highest BCUT2D eigenvalue weighted by Crippen LogP contribution is 2.13. The summed E-state index contributed by atoms with van der Waals surface area (Å²) in [6.07, 6.45) is 0.787. The third kappa shape index (κ3) is 4.69. The number of carbonyl (C=O) groups excluding carboxylic acids is 2. The molecule has 3 rings (SSSR count). The van der Waals surface area contributed by atoms with Crippen LogP contribution in [0.3, 0.4) is 0 Å². The molecule has 1 N–H and O–H groups in total. The Morgan fingerprint density at radius 2 is 1.81 bits per heavy atom. The van der Waals surface area contributed by atoms with Gasteiger partial charge in [0.05, 0.1) is 12.2 Å². The van der Waals surface area contributed by atoms with Gasteiger partial charge < -0.3 is 9.47 Å². The number of nitrogens with one attached hydrogen (secondary N) is 1. The summed E-state index contributed by atoms with van der Waals surface area (Å²) in [6.45, 7) is 4.00. The van der Waals surface area contributed by atoms with Crippen LogP contribution >= 0.6 is 0 Å². The molecule has 1 aromatic heterocycles. The zero-order valence-corrected chi connectivity index (χ0v) is 14.8. The number of carbonyl (C=O) groups is 2. The van der Waals surface area contributed by atoms with E-state index in [0.29, 0.717) is 23.6 Å². The molecule has 1 heterocycles. The van der Waals surface area contributed by atoms with Gasteiger partial charge in [0.2, 0.25) is 11.0 Å². The van der Waals surface area contributed by atoms with Crippen LogP contribution < -0.4 is 14.7 Å². The molecule has 0 atom stereocenters. The lowest BCUT2D eigenvalue weighted by Crippen LogP contribution is -2.31. The maximum atomic E-state index is 11.9. The van der Waals surface area contributed by atoms with E-state index >= 15 is 0 Å². The average molecular weight is 368 g/mol. The van der Waals surface area contributed by atoms with E-state index in [1.54, 1.807) is 43.3 Å². The first kappa shape index (κ1) is 18.1. The minimum atomic E-state index is -0.695. The van der Waals surface area contributed by atoms with Gasteiger partial charge in [0.1, 0.15) is 5.75 Å². The van der Waals surface area contributed by atoms with Crippen LogP contribution in [0.1, 0.15) is 22.8 Å². The van der Waals surface area contributed by atoms with Crippen molar-refractivity contribution in [1.29, 1.82) is 0 Å². The minimum Gasteiger partial charge on any atom is -0.462 e. The van der Waals surface area contributed by atoms with Crippen LogP contribution in [0.4, 0.5) is 10.7 Å². The van der Waals surface area contributed by atoms with Gasteiger partial charge in [0, 0.05) is 12.1 Å². The molecular formula is C19H18N3O5+. The SMILES string of the molecule is CCOC(=O)c1ccc(-[n+]2cc(NC(=O)Oc3ccc(C)cc3)on2)cc1. The van der Waals surface area contributed by atoms with Crippen molar-refractivity contribution >= 4 is 17.9 Å². The van der Waals surface area contributed by atoms with Gasteiger partial charge in [-0.3, -0.25) is 9.84 Å². The summed E-state index contributed by atoms with van der Waals surface area (Å²) < 4.78 is 16.6. The molecule has 0 radical (unpaired) electrons. The maximum absolute atomic E-state index is 11.9. The van der Waals surface area contributed by atoms with Crippen LogP contribution in [0, 0.1) is 6.92 Å². The van der Waals surface area contributed by atoms with E-state index in [-0.39, 0.29) is 5.88 Å². The molecule has 8 nitrogen and oxygen atoms in total. The van der Waals surface area contributed by atoms with E-state index in [2.05, 4.69) is 10.6 Å². The molecule has 27 heavy (non-hydrogen) atoms. The average Bonchev–Trinajstić information content (AvgIpc) is 3.12. The first-order valence-corrected chi connectivity index (χ1v) is 8.27. The van der Waals surface area contributed by atoms with Crippen molar-refractivity contribution in [2.45, 2.75) is 13.8 Å². The molecule has 0 aliphatic carbocycles. The second-order valence-corrected chi connectivity index (χ2v) is 5.61. The third-order valence-electron chi connectivity index (χ3n) is 3.57. The lowest BCUT2D eigenvalue weighted by Gasteiger charge is -2.03. The molecule has 0 aliphatic heterocycles. The Morgan fingerprint density at radius 1 is 1.11 bits per heavy atom. The number of nitrogens with zero attached hydrogens (tertiary/aromatic N) is 2. The molecular weight excluding hydrogens is 350 g/mol. The first-order chi connectivity index (χ1) is 13.0. The third-order valence-corrected chi connectivity index (χ3v) is 3.57. The van der Waals surface area contributed by atoms with Crippen molar-refractivity contribution in [3.63, 3.8) is 0 Å². The van der Waals surface area contributed by atoms with Crippen molar-refractivity contribution in [3.8, 4) is 11.4 Å². The number of hydrogen-bond acceptors (Lipinski definition) is 6. The minimum absolute atomic E-state index is 0.113. The van der Waals surface area contributed by atoms with Gasteiger partial charge in [-0.15, -0.1) is 0 Å². The van der Waals surface area contributed by atoms with Crippen LogP contribution in [-0.4, -0.2) is 23.9 Å². The van der Waals surface area contributed by atoms with Crippen molar-refractivity contribution in [3.05, 3.63) is 65.9 Å². The van der Waals surface area contributed by atoms with Crippen molar-refractivity contribution < 1.29 is 28.3 Å². The number of esters is 1. The Balaban J connectivity index is 1.63. The summed E-state index contributed by atoms with van der Waals surface area (Å²) in [7, 11) is 0. The van der Waals surface area contributed by atoms with Crippen LogP contribution in [0.15, 0.2) is 59.3 Å². The van der Waals surface area contributed by atoms with E-state index in [9.17, 15) is 9.59 Å². The van der Waals surface area contributed by atoms with E-state index in [0.717, 1.165) is 5.56 Å². The Hall–Kier alpha value is -3.68. The molecule has 0 spiro atoms. The zero-order chi connectivity index (χ0) is 19.2. The lowest BCUT2D eigenvalue weighted by molar-refractivity contribution is -0.670. The molecule has 0 unspecified atom stereocenters. The van der Waals surface area contributed by atoms with E-state index < -0.39 is 12.1 Å². The molecule has 1 amide bonds. The molecule has 0 aliphatic rings. The fourth-order valence-electron chi connectivity index (χ4n) is 2.23. The predicted octanol–water partition coefficient (Wildman–Crippen LogP) is 3.05. The van der Waals surface area contributed by atoms with Gasteiger partial charge in [0.15, 0.2) is 0 Å². The lowest BCUT2D eigenvalue weighted by atomic mass is 10.2. The van der Waals surface area contributed by atoms with Gasteiger partial charge in [0.25, 0.3) is 6.20 Å². The van der Waals surface area contributed by atoms with Crippen LogP contribution in [0.25, 0.3) is 5.69 Å². The summed E-state index contributed by atoms with van der Waals surface area (Å²) >= 11 is 0. The van der Waals surface area contributed by atoms with Gasteiger partial charge in [-0.1, -0.05) is 17.7 Å². The molecule has 0 fully saturated rings. The number of benzene rings is 2. The Morgan fingerprint density at radius 3 is 2.48 bits per heavy atom. The molecule has 138 valence electrons. The maximum Gasteiger partial charge on any atom is 0.419 e. The molecule has 0 saturated heterocycles. The number of ether oxygens (including phenoxy) is 2. The fraction of sp³-hybridized carbons (Fsp3) is 0.158. The summed E-state index contributed by atoms with van der Waals surface area (Å²) in [5.41, 5.74) is 2.14. The van der Waals surface area contributed by atoms with Crippen LogP contribution in [0.5, 0.6) is 5.75 Å². The molecule has 0 bridgehead atoms. The van der Waals surface area contributed by atoms with Gasteiger partial charge in [-0.05, 0) is 42.8 Å². The number of anilines is 1. The monoisotopic (exact) mass is 368 g/mol. The highest BCUT2D eigenvalue weighted by atomic mass is 16.6. The summed E-state index contributed by atoms with van der Waals surface area (Å²) in [5.74, 6) is 0.136. The number of amides is 1. The fourth-order valence-corrected chi connectivity index (χ4v) is 2.23. The normalized spacial score (nSPS) is 10.3. The second-order valence-electron chi connectivity index (χ2n) is 5.61. The Labute approximate surface area is 155 Å². The molecule has 3 aromatic rings. The molecule has 2 aromatic carbocycles. The predicted molar refractivity (Wildman–Crippen MR) is 94.8 cm³/mol. The number of aryl methyl sites for hydroxylation is 1. The standard InChI is InChI=1S/C19H17N3O5/c1-3-25-18(23)14-6-8-15(9-7-14)22-12-17(27-21-22)20-19(24)26-16-10-4-13(2)5-11-16/h4-12H,3H2,1-2H3/p+1. The largest absolute Gasteiger partial charge is 0.462 e. The second kappa shape index (κ2) is 8.13. The van der Waals surface area contributed by atoms with Gasteiger partial charge in [-0.2, -0.15) is 0 Å². The van der Waals surface area contributed by atoms with Crippen molar-refractivity contribution in [1.82, 2.24) is 5.27 Å². The number of rotatable bonds is 5. The number of aromatic nitrogens is 2. The van der Waals surface area contributed by atoms with Crippen LogP contribution in [-0.2, 0) is 4.74 Å². The molecule has 0 saturated carbocycles. The highest BCUT2D eigenvalue weighted by Gasteiger charge is 2.18. The Kier molecular flexibility index (Phi) is 5.46. The first-order valence-electron chi connectivity index (χ1n) is 8.27. The Bertz CT molecular complexity index is 933. The van der Waals surface area contributed by atoms with Gasteiger partial charge in [-0.25, -0.2) is 9.59 Å². The summed E-state index contributed by atoms with van der Waals surface area (Å²) in [6, 6.07) is 13.7. The van der Waals surface area contributed by atoms with Crippen molar-refractivity contribution in [2.24, 2.45) is 0 Å². The number of hydrogen-bond donors (Lipinski definition) is 1. The van der Waals surface area contributed by atoms with Crippen molar-refractivity contribution in [2.75, 3.05) is 11.9 Å². The van der Waals surface area contributed by atoms with E-state index in [4.69, 9.17) is 14.0 Å². The summed E-state index contributed by atoms with van der Waals surface area (Å²) in [5, 5.41) is 6.28. The zero-order valence-electron chi connectivity index (χ0n) is 14.8. The molecule has 8 heteroatoms. The quantitative estimate of drug-likeness (QED) is 0.549. The highest BCUT2D eigenvalue weighted by molar-refractivity contribution is 5.89. The summed E-state index contributed by atoms with van der Waals surface area (Å²) in [4.78, 5) is 23.6. The van der Waals surface area contributed by atoms with Gasteiger partial charge >= 0.3 is 17.9 Å². The van der Waals surface area contributed by atoms with E-state index in [1.807, 2.05) is 19.1 Å².